The molecule has 3 aromatic rings. The first-order valence-corrected chi connectivity index (χ1v) is 13.1. The number of carbonyl (C=O) groups excluding carboxylic acids is 1. The summed E-state index contributed by atoms with van der Waals surface area (Å²) < 4.78 is 14.5. The Balaban J connectivity index is 2.02. The number of phenols is 1. The van der Waals surface area contributed by atoms with Crippen molar-refractivity contribution in [2.45, 2.75) is 32.9 Å². The van der Waals surface area contributed by atoms with Crippen LogP contribution in [0.2, 0.25) is 0 Å². The van der Waals surface area contributed by atoms with Crippen molar-refractivity contribution in [3.8, 4) is 11.5 Å². The standard InChI is InChI=1S/C25H22Br2N2O5S/c1-12(2)34-24(32)21-13(3)28-25-29(22(21)17-11-16(27)6-8-19(17)33-4)23(31)20(35-25)10-14-9-15(26)5-7-18(14)30/h5-12,22,30H,1-4H3/b20-10-/t22-/m1/s1. The second kappa shape index (κ2) is 10.1. The van der Waals surface area contributed by atoms with Crippen LogP contribution in [0, 0.1) is 0 Å². The number of phenolic OH excluding ortho intramolecular Hbond substituents is 1. The topological polar surface area (TPSA) is 90.1 Å². The number of methoxy groups -OCH3 is 1. The Hall–Kier alpha value is -2.69. The summed E-state index contributed by atoms with van der Waals surface area (Å²) in [6.07, 6.45) is 1.27. The number of fused-ring (bicyclic) bond motifs is 1. The first-order valence-electron chi connectivity index (χ1n) is 10.7. The molecule has 0 radical (unpaired) electrons. The molecule has 182 valence electrons. The van der Waals surface area contributed by atoms with Crippen molar-refractivity contribution in [2.75, 3.05) is 7.11 Å². The molecular formula is C25H22Br2N2O5S. The molecule has 4 rings (SSSR count). The molecule has 10 heteroatoms. The zero-order valence-electron chi connectivity index (χ0n) is 19.3. The lowest BCUT2D eigenvalue weighted by atomic mass is 9.95. The van der Waals surface area contributed by atoms with Crippen LogP contribution in [0.5, 0.6) is 11.5 Å². The first kappa shape index (κ1) is 25.4. The number of ether oxygens (including phenoxy) is 2. The van der Waals surface area contributed by atoms with Crippen LogP contribution in [-0.2, 0) is 9.53 Å². The van der Waals surface area contributed by atoms with E-state index in [2.05, 4.69) is 36.9 Å². The number of carbonyl (C=O) groups is 1. The molecule has 1 aliphatic rings. The molecule has 2 heterocycles. The van der Waals surface area contributed by atoms with E-state index in [1.807, 2.05) is 12.1 Å². The van der Waals surface area contributed by atoms with Crippen molar-refractivity contribution in [1.29, 1.82) is 0 Å². The zero-order valence-corrected chi connectivity index (χ0v) is 23.3. The summed E-state index contributed by atoms with van der Waals surface area (Å²) in [7, 11) is 1.54. The molecule has 1 aliphatic heterocycles. The highest BCUT2D eigenvalue weighted by atomic mass is 79.9. The summed E-state index contributed by atoms with van der Waals surface area (Å²) in [6, 6.07) is 9.58. The van der Waals surface area contributed by atoms with Gasteiger partial charge in [-0.1, -0.05) is 43.2 Å². The van der Waals surface area contributed by atoms with Crippen LogP contribution in [0.3, 0.4) is 0 Å². The van der Waals surface area contributed by atoms with Gasteiger partial charge in [-0.25, -0.2) is 9.79 Å². The summed E-state index contributed by atoms with van der Waals surface area (Å²) in [5.74, 6) is 0.00998. The third-order valence-electron chi connectivity index (χ3n) is 5.35. The van der Waals surface area contributed by atoms with E-state index in [0.29, 0.717) is 31.9 Å². The molecular weight excluding hydrogens is 600 g/mol. The predicted molar refractivity (Wildman–Crippen MR) is 141 cm³/mol. The van der Waals surface area contributed by atoms with E-state index < -0.39 is 12.0 Å². The van der Waals surface area contributed by atoms with E-state index in [4.69, 9.17) is 9.47 Å². The summed E-state index contributed by atoms with van der Waals surface area (Å²) in [5, 5.41) is 10.3. The van der Waals surface area contributed by atoms with Gasteiger partial charge in [0.25, 0.3) is 5.56 Å². The molecule has 0 aliphatic carbocycles. The third kappa shape index (κ3) is 5.00. The number of allylic oxidation sites excluding steroid dienone is 1. The highest BCUT2D eigenvalue weighted by Crippen LogP contribution is 2.37. The smallest absolute Gasteiger partial charge is 0.338 e. The van der Waals surface area contributed by atoms with Gasteiger partial charge >= 0.3 is 5.97 Å². The van der Waals surface area contributed by atoms with Crippen molar-refractivity contribution in [2.24, 2.45) is 4.99 Å². The second-order valence-electron chi connectivity index (χ2n) is 8.13. The van der Waals surface area contributed by atoms with Gasteiger partial charge < -0.3 is 14.6 Å². The molecule has 1 N–H and O–H groups in total. The number of nitrogens with zero attached hydrogens (tertiary/aromatic N) is 2. The van der Waals surface area contributed by atoms with Gasteiger partial charge in [-0.15, -0.1) is 0 Å². The van der Waals surface area contributed by atoms with E-state index in [-0.39, 0.29) is 23.0 Å². The average molecular weight is 622 g/mol. The van der Waals surface area contributed by atoms with Crippen molar-refractivity contribution in [1.82, 2.24) is 4.57 Å². The fourth-order valence-corrected chi connectivity index (χ4v) is 5.65. The summed E-state index contributed by atoms with van der Waals surface area (Å²) >= 11 is 8.07. The summed E-state index contributed by atoms with van der Waals surface area (Å²) in [6.45, 7) is 5.26. The van der Waals surface area contributed by atoms with Crippen molar-refractivity contribution in [3.05, 3.63) is 87.4 Å². The lowest BCUT2D eigenvalue weighted by Crippen LogP contribution is -2.40. The van der Waals surface area contributed by atoms with Gasteiger partial charge in [0, 0.05) is 20.1 Å². The molecule has 1 aromatic heterocycles. The van der Waals surface area contributed by atoms with Gasteiger partial charge in [-0.3, -0.25) is 9.36 Å². The van der Waals surface area contributed by atoms with Crippen LogP contribution < -0.4 is 19.6 Å². The number of benzene rings is 2. The molecule has 0 spiro atoms. The molecule has 0 fully saturated rings. The molecule has 0 saturated carbocycles. The maximum Gasteiger partial charge on any atom is 0.338 e. The molecule has 0 saturated heterocycles. The molecule has 2 aromatic carbocycles. The van der Waals surface area contributed by atoms with Crippen LogP contribution in [0.25, 0.3) is 6.08 Å². The molecule has 0 unspecified atom stereocenters. The summed E-state index contributed by atoms with van der Waals surface area (Å²) in [4.78, 5) is 32.0. The van der Waals surface area contributed by atoms with Gasteiger partial charge in [0.05, 0.1) is 29.0 Å². The molecule has 7 nitrogen and oxygen atoms in total. The Kier molecular flexibility index (Phi) is 7.35. The van der Waals surface area contributed by atoms with Crippen molar-refractivity contribution in [3.63, 3.8) is 0 Å². The Bertz CT molecular complexity index is 1540. The minimum Gasteiger partial charge on any atom is -0.507 e. The first-order chi connectivity index (χ1) is 16.6. The number of thiazole rings is 1. The Morgan fingerprint density at radius 1 is 1.20 bits per heavy atom. The van der Waals surface area contributed by atoms with E-state index in [9.17, 15) is 14.7 Å². The largest absolute Gasteiger partial charge is 0.507 e. The van der Waals surface area contributed by atoms with Crippen LogP contribution in [0.15, 0.2) is 66.4 Å². The van der Waals surface area contributed by atoms with Gasteiger partial charge in [0.2, 0.25) is 0 Å². The van der Waals surface area contributed by atoms with Crippen LogP contribution in [-0.4, -0.2) is 28.9 Å². The highest BCUT2D eigenvalue weighted by molar-refractivity contribution is 9.10. The van der Waals surface area contributed by atoms with Crippen molar-refractivity contribution < 1.29 is 19.4 Å². The fraction of sp³-hybridized carbons (Fsp3) is 0.240. The third-order valence-corrected chi connectivity index (χ3v) is 7.32. The average Bonchev–Trinajstić information content (AvgIpc) is 3.09. The van der Waals surface area contributed by atoms with Gasteiger partial charge in [-0.05, 0) is 63.2 Å². The number of aromatic hydroxyl groups is 1. The van der Waals surface area contributed by atoms with Crippen LogP contribution >= 0.6 is 43.2 Å². The summed E-state index contributed by atoms with van der Waals surface area (Å²) in [5.41, 5.74) is 1.48. The zero-order chi connectivity index (χ0) is 25.4. The maximum atomic E-state index is 13.7. The number of hydrogen-bond acceptors (Lipinski definition) is 7. The Labute approximate surface area is 222 Å². The van der Waals surface area contributed by atoms with Gasteiger partial charge in [0.1, 0.15) is 17.5 Å². The molecule has 1 atom stereocenters. The highest BCUT2D eigenvalue weighted by Gasteiger charge is 2.35. The molecule has 0 amide bonds. The van der Waals surface area contributed by atoms with E-state index in [0.717, 1.165) is 8.95 Å². The fourth-order valence-electron chi connectivity index (χ4n) is 3.86. The SMILES string of the molecule is COc1ccc(Br)cc1[C@@H]1C(C(=O)OC(C)C)=C(C)N=c2s/c(=C\c3cc(Br)ccc3O)c(=O)n21. The minimum atomic E-state index is -0.816. The Morgan fingerprint density at radius 3 is 2.57 bits per heavy atom. The lowest BCUT2D eigenvalue weighted by molar-refractivity contribution is -0.143. The van der Waals surface area contributed by atoms with Crippen LogP contribution in [0.4, 0.5) is 0 Å². The quantitative estimate of drug-likeness (QED) is 0.426. The molecule has 35 heavy (non-hydrogen) atoms. The van der Waals surface area contributed by atoms with E-state index in [1.165, 1.54) is 23.0 Å². The molecule has 0 bridgehead atoms. The predicted octanol–water partition coefficient (Wildman–Crippen LogP) is 4.43. The Morgan fingerprint density at radius 2 is 1.89 bits per heavy atom. The normalized spacial score (nSPS) is 15.7. The van der Waals surface area contributed by atoms with E-state index >= 15 is 0 Å². The number of halogens is 2. The van der Waals surface area contributed by atoms with Gasteiger partial charge in [-0.2, -0.15) is 0 Å². The number of aromatic nitrogens is 1. The number of hydrogen-bond donors (Lipinski definition) is 1. The monoisotopic (exact) mass is 620 g/mol. The van der Waals surface area contributed by atoms with Gasteiger partial charge in [0.15, 0.2) is 4.80 Å². The minimum absolute atomic E-state index is 0.0432. The van der Waals surface area contributed by atoms with Crippen LogP contribution in [0.1, 0.15) is 37.9 Å². The maximum absolute atomic E-state index is 13.7. The second-order valence-corrected chi connectivity index (χ2v) is 11.0. The lowest BCUT2D eigenvalue weighted by Gasteiger charge is -2.26. The number of rotatable bonds is 5. The van der Waals surface area contributed by atoms with Crippen molar-refractivity contribution >= 4 is 55.2 Å². The number of esters is 1. The van der Waals surface area contributed by atoms with E-state index in [1.54, 1.807) is 51.1 Å².